The Kier molecular flexibility index (Phi) is 8.36. The number of amides is 2. The van der Waals surface area contributed by atoms with Gasteiger partial charge in [0.05, 0.1) is 0 Å². The van der Waals surface area contributed by atoms with E-state index in [1.165, 1.54) is 0 Å². The lowest BCUT2D eigenvalue weighted by Crippen LogP contribution is -2.42. The van der Waals surface area contributed by atoms with Crippen molar-refractivity contribution < 1.29 is 33.8 Å². The number of carboxylic acids is 1. The van der Waals surface area contributed by atoms with Crippen molar-refractivity contribution in [3.63, 3.8) is 0 Å². The van der Waals surface area contributed by atoms with Gasteiger partial charge in [-0.1, -0.05) is 48.5 Å². The van der Waals surface area contributed by atoms with Gasteiger partial charge < -0.3 is 30.5 Å². The average Bonchev–Trinajstić information content (AvgIpc) is 3.12. The Hall–Kier alpha value is -4.28. The molecule has 0 radical (unpaired) electrons. The van der Waals surface area contributed by atoms with Gasteiger partial charge in [-0.05, 0) is 48.2 Å². The van der Waals surface area contributed by atoms with Crippen LogP contribution in [0.5, 0.6) is 0 Å². The molecule has 36 heavy (non-hydrogen) atoms. The molecule has 2 aromatic carbocycles. The zero-order valence-corrected chi connectivity index (χ0v) is 20.3. The zero-order chi connectivity index (χ0) is 26.3. The number of hydrogen-bond acceptors (Lipinski definition) is 7. The molecule has 1 aliphatic carbocycles. The summed E-state index contributed by atoms with van der Waals surface area (Å²) in [5.74, 6) is -1.78. The SMILES string of the molecule is CC(C)(C)OC(=O)NC(N)=NOCCC(NC(=O)OCC1c2ccccc2-c2ccccc21)C(=O)O. The molecule has 0 bridgehead atoms. The van der Waals surface area contributed by atoms with Gasteiger partial charge in [-0.15, -0.1) is 0 Å². The standard InChI is InChI=1S/C25H30N4O7/c1-25(2,3)36-24(33)28-22(26)29-35-13-12-20(21(30)31)27-23(32)34-14-19-17-10-6-4-8-15(17)16-9-5-7-11-18(16)19/h4-11,19-20H,12-14H2,1-3H3,(H,27,32)(H,30,31)(H3,26,28,29,33). The van der Waals surface area contributed by atoms with Crippen molar-refractivity contribution in [2.24, 2.45) is 10.9 Å². The molecule has 0 spiro atoms. The lowest BCUT2D eigenvalue weighted by Gasteiger charge is -2.19. The van der Waals surface area contributed by atoms with Crippen molar-refractivity contribution in [1.82, 2.24) is 10.6 Å². The topological polar surface area (TPSA) is 162 Å². The minimum absolute atomic E-state index is 0.0554. The summed E-state index contributed by atoms with van der Waals surface area (Å²) in [6.45, 7) is 4.92. The van der Waals surface area contributed by atoms with E-state index in [-0.39, 0.29) is 31.5 Å². The Morgan fingerprint density at radius 2 is 1.61 bits per heavy atom. The van der Waals surface area contributed by atoms with E-state index in [0.29, 0.717) is 0 Å². The van der Waals surface area contributed by atoms with Gasteiger partial charge in [-0.3, -0.25) is 5.32 Å². The number of nitrogens with zero attached hydrogens (tertiary/aromatic N) is 1. The molecule has 1 aliphatic rings. The van der Waals surface area contributed by atoms with E-state index in [2.05, 4.69) is 15.8 Å². The number of guanidine groups is 1. The summed E-state index contributed by atoms with van der Waals surface area (Å²) in [4.78, 5) is 40.5. The van der Waals surface area contributed by atoms with Crippen LogP contribution in [-0.4, -0.2) is 54.1 Å². The summed E-state index contributed by atoms with van der Waals surface area (Å²) in [5.41, 5.74) is 9.07. The Morgan fingerprint density at radius 3 is 2.17 bits per heavy atom. The number of oxime groups is 1. The lowest BCUT2D eigenvalue weighted by atomic mass is 9.98. The maximum absolute atomic E-state index is 12.4. The first-order valence-electron chi connectivity index (χ1n) is 11.3. The van der Waals surface area contributed by atoms with E-state index in [0.717, 1.165) is 22.3 Å². The molecule has 0 aliphatic heterocycles. The third-order valence-corrected chi connectivity index (χ3v) is 5.22. The maximum Gasteiger partial charge on any atom is 0.414 e. The molecule has 3 rings (SSSR count). The smallest absolute Gasteiger partial charge is 0.414 e. The predicted molar refractivity (Wildman–Crippen MR) is 131 cm³/mol. The van der Waals surface area contributed by atoms with Crippen LogP contribution in [0.3, 0.4) is 0 Å². The van der Waals surface area contributed by atoms with Gasteiger partial charge in [-0.25, -0.2) is 14.4 Å². The highest BCUT2D eigenvalue weighted by Gasteiger charge is 2.29. The van der Waals surface area contributed by atoms with Crippen LogP contribution in [0.4, 0.5) is 9.59 Å². The molecule has 0 fully saturated rings. The van der Waals surface area contributed by atoms with Crippen molar-refractivity contribution in [3.05, 3.63) is 59.7 Å². The number of carboxylic acid groups (broad SMARTS) is 1. The van der Waals surface area contributed by atoms with E-state index < -0.39 is 29.8 Å². The number of alkyl carbamates (subject to hydrolysis) is 2. The molecule has 0 heterocycles. The third-order valence-electron chi connectivity index (χ3n) is 5.22. The molecule has 11 nitrogen and oxygen atoms in total. The van der Waals surface area contributed by atoms with Crippen molar-refractivity contribution >= 4 is 24.1 Å². The number of hydrogen-bond donors (Lipinski definition) is 4. The van der Waals surface area contributed by atoms with E-state index in [9.17, 15) is 19.5 Å². The average molecular weight is 499 g/mol. The fourth-order valence-electron chi connectivity index (χ4n) is 3.76. The fraction of sp³-hybridized carbons (Fsp3) is 0.360. The summed E-state index contributed by atoms with van der Waals surface area (Å²) >= 11 is 0. The molecule has 0 saturated heterocycles. The minimum atomic E-state index is -1.28. The van der Waals surface area contributed by atoms with Crippen LogP contribution in [0, 0.1) is 0 Å². The monoisotopic (exact) mass is 498 g/mol. The Morgan fingerprint density at radius 1 is 1.03 bits per heavy atom. The van der Waals surface area contributed by atoms with Crippen LogP contribution in [0.1, 0.15) is 44.2 Å². The van der Waals surface area contributed by atoms with E-state index >= 15 is 0 Å². The van der Waals surface area contributed by atoms with Crippen molar-refractivity contribution in [3.8, 4) is 11.1 Å². The second kappa shape index (κ2) is 11.4. The molecule has 5 N–H and O–H groups in total. The molecule has 1 unspecified atom stereocenters. The van der Waals surface area contributed by atoms with E-state index in [1.54, 1.807) is 20.8 Å². The van der Waals surface area contributed by atoms with Crippen LogP contribution in [-0.2, 0) is 19.1 Å². The highest BCUT2D eigenvalue weighted by Crippen LogP contribution is 2.44. The molecular weight excluding hydrogens is 468 g/mol. The van der Waals surface area contributed by atoms with Gasteiger partial charge in [0.1, 0.15) is 24.9 Å². The number of carbonyl (C=O) groups excluding carboxylic acids is 2. The summed E-state index contributed by atoms with van der Waals surface area (Å²) in [5, 5.41) is 17.4. The summed E-state index contributed by atoms with van der Waals surface area (Å²) < 4.78 is 10.4. The summed E-state index contributed by atoms with van der Waals surface area (Å²) in [7, 11) is 0. The number of fused-ring (bicyclic) bond motifs is 3. The van der Waals surface area contributed by atoms with Crippen LogP contribution in [0.15, 0.2) is 53.7 Å². The maximum atomic E-state index is 12.4. The number of nitrogens with two attached hydrogens (primary N) is 1. The van der Waals surface area contributed by atoms with Gasteiger partial charge >= 0.3 is 18.2 Å². The van der Waals surface area contributed by atoms with Gasteiger partial charge in [0.2, 0.25) is 5.96 Å². The van der Waals surface area contributed by atoms with Gasteiger partial charge in [0, 0.05) is 12.3 Å². The number of nitrogens with one attached hydrogen (secondary N) is 2. The first-order chi connectivity index (χ1) is 17.0. The van der Waals surface area contributed by atoms with Crippen LogP contribution in [0.25, 0.3) is 11.1 Å². The normalized spacial score (nSPS) is 13.7. The molecular formula is C25H30N4O7. The number of ether oxygens (including phenoxy) is 2. The number of aliphatic carboxylic acids is 1. The van der Waals surface area contributed by atoms with Crippen molar-refractivity contribution in [2.45, 2.75) is 44.8 Å². The molecule has 192 valence electrons. The molecule has 2 amide bonds. The minimum Gasteiger partial charge on any atom is -0.480 e. The second-order valence-corrected chi connectivity index (χ2v) is 9.09. The molecule has 0 saturated carbocycles. The summed E-state index contributed by atoms with van der Waals surface area (Å²) in [6.07, 6.45) is -1.80. The van der Waals surface area contributed by atoms with Crippen molar-refractivity contribution in [2.75, 3.05) is 13.2 Å². The van der Waals surface area contributed by atoms with Crippen LogP contribution < -0.4 is 16.4 Å². The Balaban J connectivity index is 1.48. The highest BCUT2D eigenvalue weighted by atomic mass is 16.6. The number of benzene rings is 2. The zero-order valence-electron chi connectivity index (χ0n) is 20.3. The van der Waals surface area contributed by atoms with E-state index in [4.69, 9.17) is 20.0 Å². The second-order valence-electron chi connectivity index (χ2n) is 9.09. The van der Waals surface area contributed by atoms with Crippen LogP contribution >= 0.6 is 0 Å². The first kappa shape index (κ1) is 26.3. The quantitative estimate of drug-likeness (QED) is 0.187. The van der Waals surface area contributed by atoms with Gasteiger partial charge in [-0.2, -0.15) is 0 Å². The Labute approximate surface area is 208 Å². The lowest BCUT2D eigenvalue weighted by molar-refractivity contribution is -0.139. The fourth-order valence-corrected chi connectivity index (χ4v) is 3.76. The Bertz CT molecular complexity index is 1100. The molecule has 0 aromatic heterocycles. The van der Waals surface area contributed by atoms with Crippen LogP contribution in [0.2, 0.25) is 0 Å². The van der Waals surface area contributed by atoms with E-state index in [1.807, 2.05) is 48.5 Å². The molecule has 1 atom stereocenters. The number of carbonyl (C=O) groups is 3. The third kappa shape index (κ3) is 7.11. The van der Waals surface area contributed by atoms with Gasteiger partial charge in [0.15, 0.2) is 0 Å². The van der Waals surface area contributed by atoms with Gasteiger partial charge in [0.25, 0.3) is 0 Å². The van der Waals surface area contributed by atoms with Crippen molar-refractivity contribution in [1.29, 1.82) is 0 Å². The largest absolute Gasteiger partial charge is 0.480 e. The first-order valence-corrected chi connectivity index (χ1v) is 11.3. The highest BCUT2D eigenvalue weighted by molar-refractivity contribution is 5.92. The molecule has 11 heteroatoms. The number of rotatable bonds is 8. The predicted octanol–water partition coefficient (Wildman–Crippen LogP) is 3.14. The molecule has 2 aromatic rings. The summed E-state index contributed by atoms with van der Waals surface area (Å²) in [6, 6.07) is 14.5.